The highest BCUT2D eigenvalue weighted by atomic mass is 16.5. The van der Waals surface area contributed by atoms with Crippen LogP contribution in [0.3, 0.4) is 0 Å². The molecule has 1 aliphatic rings. The van der Waals surface area contributed by atoms with E-state index in [-0.39, 0.29) is 11.7 Å². The van der Waals surface area contributed by atoms with Crippen LogP contribution in [0.5, 0.6) is 0 Å². The summed E-state index contributed by atoms with van der Waals surface area (Å²) >= 11 is 0. The Labute approximate surface area is 127 Å². The number of hydrogen-bond donors (Lipinski definition) is 0. The quantitative estimate of drug-likeness (QED) is 0.750. The molecular weight excluding hydrogens is 256 g/mol. The molecule has 1 aliphatic carbocycles. The Bertz CT molecular complexity index is 652. The number of ether oxygens (including phenoxy) is 1. The first-order valence-electron chi connectivity index (χ1n) is 7.53. The van der Waals surface area contributed by atoms with Gasteiger partial charge in [-0.25, -0.2) is 0 Å². The van der Waals surface area contributed by atoms with E-state index in [0.717, 1.165) is 24.0 Å². The molecule has 0 bridgehead atoms. The maximum Gasteiger partial charge on any atom is 0.0937 e. The summed E-state index contributed by atoms with van der Waals surface area (Å²) in [7, 11) is 0. The second kappa shape index (κ2) is 5.76. The average molecular weight is 276 g/mol. The van der Waals surface area contributed by atoms with Gasteiger partial charge in [0.2, 0.25) is 0 Å². The number of benzene rings is 2. The summed E-state index contributed by atoms with van der Waals surface area (Å²) in [6, 6.07) is 18.6. The van der Waals surface area contributed by atoms with E-state index in [4.69, 9.17) is 4.74 Å². The highest BCUT2D eigenvalue weighted by molar-refractivity contribution is 5.44. The summed E-state index contributed by atoms with van der Waals surface area (Å²) in [5, 5.41) is 0. The minimum absolute atomic E-state index is 0.0282. The third-order valence-electron chi connectivity index (χ3n) is 3.70. The Morgan fingerprint density at radius 1 is 0.857 bits per heavy atom. The SMILES string of the molecule is CC(C)OC1(c2ccc(C#Cc3ccccc3)cc2)CC1. The third kappa shape index (κ3) is 3.35. The first-order chi connectivity index (χ1) is 10.2. The lowest BCUT2D eigenvalue weighted by molar-refractivity contribution is -0.0143. The fourth-order valence-corrected chi connectivity index (χ4v) is 2.56. The lowest BCUT2D eigenvalue weighted by Gasteiger charge is -2.19. The highest BCUT2D eigenvalue weighted by Crippen LogP contribution is 2.49. The fraction of sp³-hybridized carbons (Fsp3) is 0.300. The minimum Gasteiger partial charge on any atom is -0.368 e. The van der Waals surface area contributed by atoms with E-state index in [0.29, 0.717) is 0 Å². The second-order valence-corrected chi connectivity index (χ2v) is 5.85. The molecule has 1 nitrogen and oxygen atoms in total. The number of rotatable bonds is 3. The van der Waals surface area contributed by atoms with Crippen LogP contribution in [0.25, 0.3) is 0 Å². The molecule has 0 aromatic heterocycles. The summed E-state index contributed by atoms with van der Waals surface area (Å²) in [5.41, 5.74) is 3.34. The van der Waals surface area contributed by atoms with E-state index in [1.807, 2.05) is 30.3 Å². The third-order valence-corrected chi connectivity index (χ3v) is 3.70. The summed E-state index contributed by atoms with van der Waals surface area (Å²) < 4.78 is 6.07. The normalized spacial score (nSPS) is 15.4. The van der Waals surface area contributed by atoms with Crippen molar-refractivity contribution in [1.82, 2.24) is 0 Å². The van der Waals surface area contributed by atoms with Crippen LogP contribution in [0.4, 0.5) is 0 Å². The van der Waals surface area contributed by atoms with Crippen molar-refractivity contribution in [3.63, 3.8) is 0 Å². The van der Waals surface area contributed by atoms with Gasteiger partial charge >= 0.3 is 0 Å². The van der Waals surface area contributed by atoms with Gasteiger partial charge in [-0.1, -0.05) is 42.2 Å². The largest absolute Gasteiger partial charge is 0.368 e. The molecule has 2 aromatic carbocycles. The van der Waals surface area contributed by atoms with Crippen LogP contribution in [0.1, 0.15) is 43.4 Å². The summed E-state index contributed by atoms with van der Waals surface area (Å²) in [6.45, 7) is 4.19. The summed E-state index contributed by atoms with van der Waals surface area (Å²) in [4.78, 5) is 0. The van der Waals surface area contributed by atoms with Crippen LogP contribution in [0.2, 0.25) is 0 Å². The molecular formula is C20H20O. The molecule has 1 heteroatoms. The Balaban J connectivity index is 1.75. The van der Waals surface area contributed by atoms with Crippen LogP contribution < -0.4 is 0 Å². The van der Waals surface area contributed by atoms with Crippen LogP contribution in [-0.2, 0) is 10.3 Å². The Hall–Kier alpha value is -2.04. The molecule has 0 atom stereocenters. The molecule has 1 saturated carbocycles. The average Bonchev–Trinajstić information content (AvgIpc) is 3.27. The Morgan fingerprint density at radius 3 is 1.95 bits per heavy atom. The molecule has 0 heterocycles. The van der Waals surface area contributed by atoms with Gasteiger partial charge < -0.3 is 4.74 Å². The van der Waals surface area contributed by atoms with E-state index in [2.05, 4.69) is 50.0 Å². The Morgan fingerprint density at radius 2 is 1.43 bits per heavy atom. The molecule has 3 rings (SSSR count). The van der Waals surface area contributed by atoms with Gasteiger partial charge in [0, 0.05) is 11.1 Å². The molecule has 0 radical (unpaired) electrons. The molecule has 0 amide bonds. The van der Waals surface area contributed by atoms with Gasteiger partial charge in [-0.15, -0.1) is 0 Å². The summed E-state index contributed by atoms with van der Waals surface area (Å²) in [5.74, 6) is 6.40. The van der Waals surface area contributed by atoms with E-state index in [1.54, 1.807) is 0 Å². The van der Waals surface area contributed by atoms with Crippen molar-refractivity contribution >= 4 is 0 Å². The second-order valence-electron chi connectivity index (χ2n) is 5.85. The first kappa shape index (κ1) is 13.9. The molecule has 0 unspecified atom stereocenters. The lowest BCUT2D eigenvalue weighted by Crippen LogP contribution is -2.17. The lowest BCUT2D eigenvalue weighted by atomic mass is 10.0. The fourth-order valence-electron chi connectivity index (χ4n) is 2.56. The molecule has 2 aromatic rings. The van der Waals surface area contributed by atoms with Gasteiger partial charge in [0.15, 0.2) is 0 Å². The van der Waals surface area contributed by atoms with Crippen molar-refractivity contribution in [3.8, 4) is 11.8 Å². The van der Waals surface area contributed by atoms with Crippen molar-refractivity contribution in [1.29, 1.82) is 0 Å². The van der Waals surface area contributed by atoms with Gasteiger partial charge in [0.05, 0.1) is 11.7 Å². The molecule has 0 spiro atoms. The van der Waals surface area contributed by atoms with Crippen LogP contribution in [0, 0.1) is 11.8 Å². The molecule has 0 aliphatic heterocycles. The van der Waals surface area contributed by atoms with E-state index in [9.17, 15) is 0 Å². The van der Waals surface area contributed by atoms with E-state index >= 15 is 0 Å². The van der Waals surface area contributed by atoms with Crippen molar-refractivity contribution in [2.24, 2.45) is 0 Å². The molecule has 0 saturated heterocycles. The smallest absolute Gasteiger partial charge is 0.0937 e. The molecule has 1 fully saturated rings. The van der Waals surface area contributed by atoms with Gasteiger partial charge in [0.1, 0.15) is 0 Å². The zero-order valence-electron chi connectivity index (χ0n) is 12.6. The van der Waals surface area contributed by atoms with Gasteiger partial charge in [-0.2, -0.15) is 0 Å². The summed E-state index contributed by atoms with van der Waals surface area (Å²) in [6.07, 6.45) is 2.52. The van der Waals surface area contributed by atoms with Gasteiger partial charge in [-0.3, -0.25) is 0 Å². The molecule has 0 N–H and O–H groups in total. The topological polar surface area (TPSA) is 9.23 Å². The predicted octanol–water partition coefficient (Wildman–Crippen LogP) is 4.50. The van der Waals surface area contributed by atoms with Crippen LogP contribution >= 0.6 is 0 Å². The van der Waals surface area contributed by atoms with Gasteiger partial charge in [0.25, 0.3) is 0 Å². The minimum atomic E-state index is -0.0282. The van der Waals surface area contributed by atoms with Crippen molar-refractivity contribution in [2.45, 2.75) is 38.4 Å². The van der Waals surface area contributed by atoms with Crippen LogP contribution in [-0.4, -0.2) is 6.10 Å². The monoisotopic (exact) mass is 276 g/mol. The predicted molar refractivity (Wildman–Crippen MR) is 86.0 cm³/mol. The van der Waals surface area contributed by atoms with E-state index in [1.165, 1.54) is 5.56 Å². The first-order valence-corrected chi connectivity index (χ1v) is 7.53. The molecule has 106 valence electrons. The maximum absolute atomic E-state index is 6.07. The zero-order chi connectivity index (χ0) is 14.7. The van der Waals surface area contributed by atoms with Crippen molar-refractivity contribution < 1.29 is 4.74 Å². The maximum atomic E-state index is 6.07. The van der Waals surface area contributed by atoms with Gasteiger partial charge in [-0.05, 0) is 56.5 Å². The van der Waals surface area contributed by atoms with Crippen molar-refractivity contribution in [2.75, 3.05) is 0 Å². The van der Waals surface area contributed by atoms with Crippen LogP contribution in [0.15, 0.2) is 54.6 Å². The Kier molecular flexibility index (Phi) is 3.82. The van der Waals surface area contributed by atoms with E-state index < -0.39 is 0 Å². The number of hydrogen-bond acceptors (Lipinski definition) is 1. The molecule has 21 heavy (non-hydrogen) atoms. The standard InChI is InChI=1S/C20H20O/c1-16(2)21-20(14-15-20)19-12-10-18(11-13-19)9-8-17-6-4-3-5-7-17/h3-7,10-13,16H,14-15H2,1-2H3. The zero-order valence-corrected chi connectivity index (χ0v) is 12.6. The van der Waals surface area contributed by atoms with Crippen molar-refractivity contribution in [3.05, 3.63) is 71.3 Å². The highest BCUT2D eigenvalue weighted by Gasteiger charge is 2.46.